The molecular weight excluding hydrogens is 687 g/mol. The molecule has 1 aromatic carbocycles. The third kappa shape index (κ3) is 7.02. The molecule has 4 aromatic rings. The van der Waals surface area contributed by atoms with Gasteiger partial charge in [0, 0.05) is 37.1 Å². The van der Waals surface area contributed by atoms with Gasteiger partial charge in [-0.05, 0) is 44.4 Å². The first-order valence-corrected chi connectivity index (χ1v) is 18.7. The lowest BCUT2D eigenvalue weighted by Crippen LogP contribution is -2.49. The fraction of sp³-hybridized carbons (Fsp3) is 0.484. The Morgan fingerprint density at radius 2 is 1.94 bits per heavy atom. The quantitative estimate of drug-likeness (QED) is 0.212. The van der Waals surface area contributed by atoms with Crippen molar-refractivity contribution in [2.75, 3.05) is 36.3 Å². The summed E-state index contributed by atoms with van der Waals surface area (Å²) >= 11 is 13.7. The smallest absolute Gasteiger partial charge is 0.303 e. The first kappa shape index (κ1) is 33.7. The highest BCUT2D eigenvalue weighted by molar-refractivity contribution is 7.93. The summed E-state index contributed by atoms with van der Waals surface area (Å²) in [6.45, 7) is 6.99. The molecule has 0 radical (unpaired) electrons. The summed E-state index contributed by atoms with van der Waals surface area (Å²) in [4.78, 5) is 40.1. The number of anilines is 1. The minimum atomic E-state index is -3.67. The molecule has 0 spiro atoms. The molecule has 0 aliphatic carbocycles. The van der Waals surface area contributed by atoms with E-state index >= 15 is 0 Å². The number of sulfonamides is 1. The van der Waals surface area contributed by atoms with Crippen molar-refractivity contribution in [2.45, 2.75) is 65.2 Å². The Morgan fingerprint density at radius 1 is 1.17 bits per heavy atom. The Kier molecular flexibility index (Phi) is 9.86. The van der Waals surface area contributed by atoms with Crippen LogP contribution in [0.2, 0.25) is 10.0 Å². The van der Waals surface area contributed by atoms with Crippen LogP contribution in [0.5, 0.6) is 5.75 Å². The molecule has 2 aliphatic heterocycles. The van der Waals surface area contributed by atoms with Gasteiger partial charge in [-0.15, -0.1) is 11.3 Å². The van der Waals surface area contributed by atoms with Crippen molar-refractivity contribution < 1.29 is 22.7 Å². The van der Waals surface area contributed by atoms with Crippen molar-refractivity contribution in [2.24, 2.45) is 0 Å². The lowest BCUT2D eigenvalue weighted by atomic mass is 10.1. The van der Waals surface area contributed by atoms with Crippen LogP contribution in [0, 0.1) is 0 Å². The number of amides is 1. The van der Waals surface area contributed by atoms with Gasteiger partial charge in [-0.25, -0.2) is 22.8 Å². The van der Waals surface area contributed by atoms with Gasteiger partial charge in [0.15, 0.2) is 5.69 Å². The Hall–Kier alpha value is -3.17. The summed E-state index contributed by atoms with van der Waals surface area (Å²) in [6.07, 6.45) is 5.45. The average molecular weight is 724 g/mol. The van der Waals surface area contributed by atoms with Gasteiger partial charge in [0.2, 0.25) is 27.5 Å². The molecular formula is C31H36Cl2N6O6S2. The highest BCUT2D eigenvalue weighted by Gasteiger charge is 2.34. The minimum Gasteiger partial charge on any atom is -0.486 e. The number of nitrogens with zero attached hydrogens (tertiary/aromatic N) is 6. The minimum absolute atomic E-state index is 0.0239. The van der Waals surface area contributed by atoms with Crippen molar-refractivity contribution in [1.29, 1.82) is 0 Å². The van der Waals surface area contributed by atoms with Crippen LogP contribution in [-0.2, 0) is 32.5 Å². The SMILES string of the molecule is CCCCOc1c(-c2ncc(Cc3ccc(Cl)c(Cl)c3)s2)nc2n(CC(=O)N3C[C@H](C)O[C@@H](C)C3)cc(N3CCCS3(=O)=O)n2c1=O. The van der Waals surface area contributed by atoms with Gasteiger partial charge < -0.3 is 18.9 Å². The topological polar surface area (TPSA) is 128 Å². The van der Waals surface area contributed by atoms with E-state index in [9.17, 15) is 18.0 Å². The van der Waals surface area contributed by atoms with Gasteiger partial charge in [-0.1, -0.05) is 42.6 Å². The van der Waals surface area contributed by atoms with Crippen molar-refractivity contribution >= 4 is 62.1 Å². The average Bonchev–Trinajstić information content (AvgIpc) is 3.72. The highest BCUT2D eigenvalue weighted by Crippen LogP contribution is 2.34. The maximum absolute atomic E-state index is 14.4. The number of unbranched alkanes of at least 4 members (excludes halogenated alkanes) is 1. The molecule has 0 bridgehead atoms. The molecule has 0 N–H and O–H groups in total. The number of benzene rings is 1. The molecule has 1 amide bonds. The Balaban J connectivity index is 1.47. The molecule has 47 heavy (non-hydrogen) atoms. The van der Waals surface area contributed by atoms with Gasteiger partial charge in [0.25, 0.3) is 0 Å². The number of rotatable bonds is 10. The van der Waals surface area contributed by atoms with Crippen molar-refractivity contribution in [3.05, 3.63) is 61.4 Å². The predicted molar refractivity (Wildman–Crippen MR) is 183 cm³/mol. The fourth-order valence-electron chi connectivity index (χ4n) is 5.91. The van der Waals surface area contributed by atoms with Gasteiger partial charge in [0.05, 0.1) is 40.8 Å². The highest BCUT2D eigenvalue weighted by atomic mass is 35.5. The number of hydrogen-bond donors (Lipinski definition) is 0. The number of carbonyl (C=O) groups excluding carboxylic acids is 1. The van der Waals surface area contributed by atoms with Gasteiger partial charge in [0.1, 0.15) is 17.4 Å². The molecule has 0 unspecified atom stereocenters. The van der Waals surface area contributed by atoms with E-state index in [-0.39, 0.29) is 66.6 Å². The predicted octanol–water partition coefficient (Wildman–Crippen LogP) is 4.87. The molecule has 252 valence electrons. The maximum atomic E-state index is 14.4. The monoisotopic (exact) mass is 722 g/mol. The zero-order valence-corrected chi connectivity index (χ0v) is 29.5. The lowest BCUT2D eigenvalue weighted by Gasteiger charge is -2.35. The number of halogens is 2. The van der Waals surface area contributed by atoms with E-state index in [0.29, 0.717) is 47.4 Å². The van der Waals surface area contributed by atoms with Crippen LogP contribution in [0.25, 0.3) is 16.5 Å². The number of aromatic nitrogens is 4. The van der Waals surface area contributed by atoms with E-state index < -0.39 is 15.6 Å². The molecule has 0 saturated carbocycles. The number of ether oxygens (including phenoxy) is 2. The first-order chi connectivity index (χ1) is 22.4. The summed E-state index contributed by atoms with van der Waals surface area (Å²) in [6, 6.07) is 5.42. The van der Waals surface area contributed by atoms with Crippen molar-refractivity contribution in [3.8, 4) is 16.5 Å². The number of thiazole rings is 1. The zero-order valence-electron chi connectivity index (χ0n) is 26.3. The van der Waals surface area contributed by atoms with E-state index in [0.717, 1.165) is 16.9 Å². The van der Waals surface area contributed by atoms with Crippen LogP contribution >= 0.6 is 34.5 Å². The summed E-state index contributed by atoms with van der Waals surface area (Å²) in [5, 5.41) is 1.37. The molecule has 2 fully saturated rings. The third-order valence-electron chi connectivity index (χ3n) is 8.08. The summed E-state index contributed by atoms with van der Waals surface area (Å²) in [7, 11) is -3.67. The zero-order chi connectivity index (χ0) is 33.5. The van der Waals surface area contributed by atoms with Gasteiger partial charge in [-0.3, -0.25) is 13.9 Å². The summed E-state index contributed by atoms with van der Waals surface area (Å²) < 4.78 is 42.1. The first-order valence-electron chi connectivity index (χ1n) is 15.6. The molecule has 2 atom stereocenters. The molecule has 12 nitrogen and oxygen atoms in total. The van der Waals surface area contributed by atoms with Gasteiger partial charge in [-0.2, -0.15) is 0 Å². The number of fused-ring (bicyclic) bond motifs is 1. The van der Waals surface area contributed by atoms with E-state index in [1.165, 1.54) is 26.2 Å². The van der Waals surface area contributed by atoms with Gasteiger partial charge >= 0.3 is 5.56 Å². The second-order valence-corrected chi connectivity index (χ2v) is 15.8. The van der Waals surface area contributed by atoms with E-state index in [1.807, 2.05) is 26.8 Å². The van der Waals surface area contributed by atoms with Crippen molar-refractivity contribution in [1.82, 2.24) is 23.8 Å². The standard InChI is InChI=1S/C31H36Cl2N6O6S2/c1-4-5-10-44-28-27(29-34-14-22(46-29)12-21-7-8-23(32)24(33)13-21)35-31-37(18-26(40)36-15-19(2)45-20(3)16-36)17-25(39(31)30(28)41)38-9-6-11-47(38,42)43/h7-8,13-14,17,19-20H,4-6,9-12,15-16,18H2,1-3H3/t19-,20-/m0/s1. The summed E-state index contributed by atoms with van der Waals surface area (Å²) in [5.74, 6) is -0.0170. The van der Waals surface area contributed by atoms with Crippen LogP contribution in [0.3, 0.4) is 0 Å². The number of hydrogen-bond acceptors (Lipinski definition) is 9. The summed E-state index contributed by atoms with van der Waals surface area (Å²) in [5.41, 5.74) is 0.597. The van der Waals surface area contributed by atoms with Crippen LogP contribution < -0.4 is 14.6 Å². The van der Waals surface area contributed by atoms with E-state index in [2.05, 4.69) is 4.98 Å². The van der Waals surface area contributed by atoms with Crippen LogP contribution in [0.15, 0.2) is 35.4 Å². The molecule has 2 aliphatic rings. The molecule has 16 heteroatoms. The molecule has 6 rings (SSSR count). The van der Waals surface area contributed by atoms with Crippen LogP contribution in [0.4, 0.5) is 5.82 Å². The molecule has 3 aromatic heterocycles. The molecule has 2 saturated heterocycles. The molecule has 5 heterocycles. The van der Waals surface area contributed by atoms with Crippen molar-refractivity contribution in [3.63, 3.8) is 0 Å². The largest absolute Gasteiger partial charge is 0.486 e. The number of morpholine rings is 1. The van der Waals surface area contributed by atoms with Crippen LogP contribution in [0.1, 0.15) is 50.5 Å². The third-order valence-corrected chi connectivity index (χ3v) is 11.7. The van der Waals surface area contributed by atoms with Crippen LogP contribution in [-0.4, -0.2) is 82.4 Å². The van der Waals surface area contributed by atoms with E-state index in [4.69, 9.17) is 37.7 Å². The fourth-order valence-corrected chi connectivity index (χ4v) is 8.70. The Bertz CT molecular complexity index is 1970. The number of carbonyl (C=O) groups is 1. The second kappa shape index (κ2) is 13.7. The maximum Gasteiger partial charge on any atom is 0.303 e. The Labute approximate surface area is 286 Å². The normalized spacial score (nSPS) is 19.5. The number of imidazole rings is 1. The second-order valence-electron chi connectivity index (χ2n) is 11.9. The Morgan fingerprint density at radius 3 is 2.62 bits per heavy atom. The lowest BCUT2D eigenvalue weighted by molar-refractivity contribution is -0.143. The van der Waals surface area contributed by atoms with E-state index in [1.54, 1.807) is 27.8 Å².